The fraction of sp³-hybridized carbons (Fsp3) is 0.294. The van der Waals surface area contributed by atoms with Gasteiger partial charge in [-0.05, 0) is 43.0 Å². The Morgan fingerprint density at radius 3 is 2.11 bits per heavy atom. The highest BCUT2D eigenvalue weighted by atomic mass is 16.5. The highest BCUT2D eigenvalue weighted by Gasteiger charge is 2.26. The molecule has 0 spiro atoms. The van der Waals surface area contributed by atoms with Gasteiger partial charge < -0.3 is 9.84 Å². The predicted molar refractivity (Wildman–Crippen MR) is 75.2 cm³/mol. The van der Waals surface area contributed by atoms with Crippen LogP contribution in [0, 0.1) is 0 Å². The van der Waals surface area contributed by atoms with Crippen LogP contribution in [0.25, 0.3) is 0 Å². The van der Waals surface area contributed by atoms with Crippen LogP contribution in [0.3, 0.4) is 0 Å². The molecule has 1 N–H and O–H groups in total. The highest BCUT2D eigenvalue weighted by molar-refractivity contribution is 5.38. The molecule has 2 heteroatoms. The minimum Gasteiger partial charge on any atom is -0.490 e. The van der Waals surface area contributed by atoms with Crippen molar-refractivity contribution in [2.75, 3.05) is 0 Å². The van der Waals surface area contributed by atoms with E-state index in [9.17, 15) is 5.11 Å². The Balaban J connectivity index is 1.84. The molecule has 1 aliphatic carbocycles. The summed E-state index contributed by atoms with van der Waals surface area (Å²) in [4.78, 5) is 0. The summed E-state index contributed by atoms with van der Waals surface area (Å²) in [5, 5.41) is 10.7. The Hall–Kier alpha value is -1.80. The molecule has 2 nitrogen and oxygen atoms in total. The molecule has 0 aromatic heterocycles. The molecule has 0 saturated heterocycles. The van der Waals surface area contributed by atoms with Crippen molar-refractivity contribution in [3.05, 3.63) is 65.7 Å². The number of benzene rings is 2. The van der Waals surface area contributed by atoms with Gasteiger partial charge in [0.2, 0.25) is 0 Å². The van der Waals surface area contributed by atoms with E-state index < -0.39 is 5.60 Å². The Labute approximate surface area is 113 Å². The minimum absolute atomic E-state index is 0.403. The number of hydrogen-bond donors (Lipinski definition) is 1. The summed E-state index contributed by atoms with van der Waals surface area (Å²) in [5.74, 6) is 0.884. The second-order valence-electron chi connectivity index (χ2n) is 5.28. The second-order valence-corrected chi connectivity index (χ2v) is 5.28. The Bertz CT molecular complexity index is 539. The monoisotopic (exact) mass is 254 g/mol. The van der Waals surface area contributed by atoms with E-state index in [0.29, 0.717) is 6.10 Å². The molecule has 0 amide bonds. The first kappa shape index (κ1) is 12.2. The van der Waals surface area contributed by atoms with Gasteiger partial charge in [-0.2, -0.15) is 0 Å². The largest absolute Gasteiger partial charge is 0.490 e. The third-order valence-electron chi connectivity index (χ3n) is 3.58. The zero-order chi connectivity index (χ0) is 13.3. The van der Waals surface area contributed by atoms with Gasteiger partial charge in [0.25, 0.3) is 0 Å². The number of hydrogen-bond acceptors (Lipinski definition) is 2. The van der Waals surface area contributed by atoms with Crippen molar-refractivity contribution in [1.82, 2.24) is 0 Å². The normalized spacial score (nSPS) is 17.8. The third-order valence-corrected chi connectivity index (χ3v) is 3.58. The van der Waals surface area contributed by atoms with E-state index in [1.807, 2.05) is 61.5 Å². The van der Waals surface area contributed by atoms with Crippen LogP contribution in [-0.4, -0.2) is 11.2 Å². The van der Waals surface area contributed by atoms with Gasteiger partial charge in [-0.3, -0.25) is 0 Å². The first-order chi connectivity index (χ1) is 9.16. The molecule has 0 aliphatic heterocycles. The van der Waals surface area contributed by atoms with Crippen LogP contribution in [0.1, 0.15) is 30.9 Å². The van der Waals surface area contributed by atoms with Crippen molar-refractivity contribution in [1.29, 1.82) is 0 Å². The van der Waals surface area contributed by atoms with Gasteiger partial charge in [0.1, 0.15) is 11.4 Å². The molecule has 3 rings (SSSR count). The molecule has 2 aromatic carbocycles. The van der Waals surface area contributed by atoms with Crippen LogP contribution in [0.4, 0.5) is 0 Å². The van der Waals surface area contributed by atoms with Crippen molar-refractivity contribution in [3.8, 4) is 5.75 Å². The molecule has 19 heavy (non-hydrogen) atoms. The highest BCUT2D eigenvalue weighted by Crippen LogP contribution is 2.31. The van der Waals surface area contributed by atoms with Gasteiger partial charge in [0.15, 0.2) is 0 Å². The first-order valence-electron chi connectivity index (χ1n) is 6.71. The average Bonchev–Trinajstić information content (AvgIpc) is 3.24. The number of aliphatic hydroxyl groups is 1. The van der Waals surface area contributed by atoms with Gasteiger partial charge in [-0.15, -0.1) is 0 Å². The fourth-order valence-corrected chi connectivity index (χ4v) is 2.17. The molecule has 0 heterocycles. The van der Waals surface area contributed by atoms with Crippen molar-refractivity contribution in [2.24, 2.45) is 0 Å². The van der Waals surface area contributed by atoms with Crippen LogP contribution in [-0.2, 0) is 5.60 Å². The molecule has 2 aromatic rings. The van der Waals surface area contributed by atoms with E-state index in [1.54, 1.807) is 0 Å². The van der Waals surface area contributed by atoms with E-state index in [-0.39, 0.29) is 0 Å². The lowest BCUT2D eigenvalue weighted by Crippen LogP contribution is -2.22. The number of ether oxygens (including phenoxy) is 1. The van der Waals surface area contributed by atoms with Gasteiger partial charge in [-0.1, -0.05) is 42.5 Å². The summed E-state index contributed by atoms with van der Waals surface area (Å²) in [6.07, 6.45) is 2.72. The zero-order valence-corrected chi connectivity index (χ0v) is 11.0. The maximum absolute atomic E-state index is 10.7. The zero-order valence-electron chi connectivity index (χ0n) is 11.0. The molecule has 0 bridgehead atoms. The van der Waals surface area contributed by atoms with Gasteiger partial charge in [0.05, 0.1) is 6.10 Å². The topological polar surface area (TPSA) is 29.5 Å². The van der Waals surface area contributed by atoms with E-state index >= 15 is 0 Å². The summed E-state index contributed by atoms with van der Waals surface area (Å²) in [6.45, 7) is 1.82. The van der Waals surface area contributed by atoms with Crippen LogP contribution >= 0.6 is 0 Å². The van der Waals surface area contributed by atoms with E-state index in [2.05, 4.69) is 0 Å². The van der Waals surface area contributed by atoms with Gasteiger partial charge >= 0.3 is 0 Å². The predicted octanol–water partition coefficient (Wildman–Crippen LogP) is 3.48. The SMILES string of the molecule is CC(O)(c1ccccc1)c1ccc(OC2CC2)cc1. The number of rotatable bonds is 4. The standard InChI is InChI=1S/C17H18O2/c1-17(18,13-5-3-2-4-6-13)14-7-9-15(10-8-14)19-16-11-12-16/h2-10,16,18H,11-12H2,1H3. The molecule has 1 atom stereocenters. The van der Waals surface area contributed by atoms with E-state index in [4.69, 9.17) is 4.74 Å². The van der Waals surface area contributed by atoms with Crippen molar-refractivity contribution in [3.63, 3.8) is 0 Å². The fourth-order valence-electron chi connectivity index (χ4n) is 2.17. The molecule has 98 valence electrons. The Morgan fingerprint density at radius 1 is 0.947 bits per heavy atom. The summed E-state index contributed by atoms with van der Waals surface area (Å²) < 4.78 is 5.72. The maximum Gasteiger partial charge on any atom is 0.119 e. The quantitative estimate of drug-likeness (QED) is 0.905. The van der Waals surface area contributed by atoms with Crippen LogP contribution in [0.2, 0.25) is 0 Å². The molecular weight excluding hydrogens is 236 g/mol. The molecule has 1 unspecified atom stereocenters. The molecule has 1 aliphatic rings. The molecule has 1 saturated carbocycles. The molecule has 0 radical (unpaired) electrons. The summed E-state index contributed by atoms with van der Waals surface area (Å²) in [6, 6.07) is 17.4. The lowest BCUT2D eigenvalue weighted by Gasteiger charge is -2.24. The third kappa shape index (κ3) is 2.64. The summed E-state index contributed by atoms with van der Waals surface area (Å²) >= 11 is 0. The van der Waals surface area contributed by atoms with Crippen molar-refractivity contribution in [2.45, 2.75) is 31.5 Å². The van der Waals surface area contributed by atoms with Crippen LogP contribution < -0.4 is 4.74 Å². The summed E-state index contributed by atoms with van der Waals surface area (Å²) in [5.41, 5.74) is 0.798. The summed E-state index contributed by atoms with van der Waals surface area (Å²) in [7, 11) is 0. The van der Waals surface area contributed by atoms with Crippen LogP contribution in [0.5, 0.6) is 5.75 Å². The second kappa shape index (κ2) is 4.71. The van der Waals surface area contributed by atoms with Crippen LogP contribution in [0.15, 0.2) is 54.6 Å². The lowest BCUT2D eigenvalue weighted by molar-refractivity contribution is 0.102. The van der Waals surface area contributed by atoms with Crippen molar-refractivity contribution < 1.29 is 9.84 Å². The van der Waals surface area contributed by atoms with Gasteiger partial charge in [0, 0.05) is 0 Å². The minimum atomic E-state index is -0.973. The molecule has 1 fully saturated rings. The first-order valence-corrected chi connectivity index (χ1v) is 6.71. The molecular formula is C17H18O2. The van der Waals surface area contributed by atoms with E-state index in [0.717, 1.165) is 29.7 Å². The average molecular weight is 254 g/mol. The van der Waals surface area contributed by atoms with Crippen molar-refractivity contribution >= 4 is 0 Å². The van der Waals surface area contributed by atoms with Gasteiger partial charge in [-0.25, -0.2) is 0 Å². The Kier molecular flexibility index (Phi) is 3.03. The maximum atomic E-state index is 10.7. The van der Waals surface area contributed by atoms with E-state index in [1.165, 1.54) is 0 Å². The lowest BCUT2D eigenvalue weighted by atomic mass is 9.88. The smallest absolute Gasteiger partial charge is 0.119 e. The Morgan fingerprint density at radius 2 is 1.53 bits per heavy atom.